The maximum absolute atomic E-state index is 13.9. The molecule has 35 heavy (non-hydrogen) atoms. The van der Waals surface area contributed by atoms with E-state index in [1.165, 1.54) is 26.0 Å². The monoisotopic (exact) mass is 510 g/mol. The lowest BCUT2D eigenvalue weighted by Gasteiger charge is -2.18. The highest BCUT2D eigenvalue weighted by Crippen LogP contribution is 2.43. The molecule has 188 valence electrons. The molecule has 0 aliphatic rings. The van der Waals surface area contributed by atoms with Gasteiger partial charge in [-0.2, -0.15) is 26.3 Å². The van der Waals surface area contributed by atoms with Crippen LogP contribution in [0, 0.1) is 48.4 Å². The van der Waals surface area contributed by atoms with Crippen LogP contribution in [0.3, 0.4) is 0 Å². The summed E-state index contributed by atoms with van der Waals surface area (Å²) in [4.78, 5) is 0.262. The van der Waals surface area contributed by atoms with Crippen molar-refractivity contribution in [3.05, 3.63) is 57.6 Å². The fourth-order valence-electron chi connectivity index (χ4n) is 2.99. The van der Waals surface area contributed by atoms with Crippen molar-refractivity contribution < 1.29 is 26.3 Å². The Balaban J connectivity index is 2.90. The van der Waals surface area contributed by atoms with Crippen molar-refractivity contribution in [2.24, 2.45) is 10.8 Å². The van der Waals surface area contributed by atoms with E-state index in [0.29, 0.717) is 11.1 Å². The molecule has 2 aromatic carbocycles. The van der Waals surface area contributed by atoms with Gasteiger partial charge in [-0.25, -0.2) is 0 Å². The van der Waals surface area contributed by atoms with Gasteiger partial charge >= 0.3 is 12.4 Å². The van der Waals surface area contributed by atoms with Crippen LogP contribution in [0.1, 0.15) is 74.9 Å². The molecule has 0 saturated heterocycles. The summed E-state index contributed by atoms with van der Waals surface area (Å²) in [6.45, 7) is 13.6. The molecule has 7 heteroatoms. The van der Waals surface area contributed by atoms with Gasteiger partial charge in [0.25, 0.3) is 0 Å². The average Bonchev–Trinajstić information content (AvgIpc) is 2.62. The lowest BCUT2D eigenvalue weighted by atomic mass is 9.96. The van der Waals surface area contributed by atoms with Crippen LogP contribution >= 0.6 is 11.8 Å². The summed E-state index contributed by atoms with van der Waals surface area (Å²) < 4.78 is 83.6. The Morgan fingerprint density at radius 1 is 0.571 bits per heavy atom. The van der Waals surface area contributed by atoms with Crippen LogP contribution in [0.25, 0.3) is 0 Å². The van der Waals surface area contributed by atoms with E-state index < -0.39 is 34.3 Å². The molecule has 0 aromatic heterocycles. The first kappa shape index (κ1) is 28.7. The molecule has 0 saturated carbocycles. The lowest BCUT2D eigenvalue weighted by Crippen LogP contribution is -2.11. The van der Waals surface area contributed by atoms with E-state index >= 15 is 0 Å². The van der Waals surface area contributed by atoms with Crippen molar-refractivity contribution >= 4 is 11.8 Å². The summed E-state index contributed by atoms with van der Waals surface area (Å²) in [6, 6.07) is 5.05. The van der Waals surface area contributed by atoms with E-state index in [1.54, 1.807) is 41.5 Å². The van der Waals surface area contributed by atoms with Crippen LogP contribution in [0.5, 0.6) is 0 Å². The maximum Gasteiger partial charge on any atom is 0.417 e. The van der Waals surface area contributed by atoms with E-state index in [9.17, 15) is 26.3 Å². The first-order valence-corrected chi connectivity index (χ1v) is 11.7. The summed E-state index contributed by atoms with van der Waals surface area (Å²) in [5.41, 5.74) is -2.84. The number of hydrogen-bond donors (Lipinski definition) is 0. The van der Waals surface area contributed by atoms with Gasteiger partial charge in [0.15, 0.2) is 0 Å². The van der Waals surface area contributed by atoms with Gasteiger partial charge in [0, 0.05) is 20.6 Å². The molecule has 2 rings (SSSR count). The maximum atomic E-state index is 13.9. The largest absolute Gasteiger partial charge is 0.417 e. The molecule has 0 heterocycles. The predicted octanol–water partition coefficient (Wildman–Crippen LogP) is 9.29. The molecular formula is C28H28F6S. The Kier molecular flexibility index (Phi) is 8.09. The molecule has 0 aliphatic heterocycles. The summed E-state index contributed by atoms with van der Waals surface area (Å²) >= 11 is 0.826. The zero-order chi connectivity index (χ0) is 27.0. The topological polar surface area (TPSA) is 0 Å². The van der Waals surface area contributed by atoms with E-state index in [-0.39, 0.29) is 20.9 Å². The fraction of sp³-hybridized carbons (Fsp3) is 0.429. The third-order valence-electron chi connectivity index (χ3n) is 4.45. The molecule has 0 spiro atoms. The summed E-state index contributed by atoms with van der Waals surface area (Å²) in [5, 5.41) is 0. The Morgan fingerprint density at radius 2 is 0.886 bits per heavy atom. The summed E-state index contributed by atoms with van der Waals surface area (Å²) in [7, 11) is 0. The predicted molar refractivity (Wildman–Crippen MR) is 129 cm³/mol. The zero-order valence-corrected chi connectivity index (χ0v) is 21.8. The zero-order valence-electron chi connectivity index (χ0n) is 21.0. The van der Waals surface area contributed by atoms with Gasteiger partial charge in [-0.05, 0) is 90.8 Å². The minimum absolute atomic E-state index is 0.131. The molecule has 0 bridgehead atoms. The Hall–Kier alpha value is -2.51. The van der Waals surface area contributed by atoms with Crippen molar-refractivity contribution in [2.45, 2.75) is 77.5 Å². The molecule has 0 unspecified atom stereocenters. The third kappa shape index (κ3) is 8.29. The lowest BCUT2D eigenvalue weighted by molar-refractivity contribution is -0.138. The second-order valence-corrected chi connectivity index (χ2v) is 11.6. The number of hydrogen-bond acceptors (Lipinski definition) is 1. The van der Waals surface area contributed by atoms with E-state index in [2.05, 4.69) is 23.7 Å². The van der Waals surface area contributed by atoms with E-state index in [1.807, 2.05) is 0 Å². The molecule has 0 aliphatic carbocycles. The summed E-state index contributed by atoms with van der Waals surface area (Å²) in [5.74, 6) is 11.0. The number of rotatable bonds is 2. The van der Waals surface area contributed by atoms with Gasteiger partial charge in [-0.3, -0.25) is 0 Å². The summed E-state index contributed by atoms with van der Waals surface area (Å²) in [6.07, 6.45) is -9.36. The Bertz CT molecular complexity index is 1130. The van der Waals surface area contributed by atoms with Crippen molar-refractivity contribution in [2.75, 3.05) is 0 Å². The average molecular weight is 511 g/mol. The standard InChI is InChI=1S/C28H28F6S/c1-17-13-21(27(29,30)31)19(9-11-25(3,4)5)23(15-17)35-24-16-18(2)14-22(28(32,33)34)20(24)10-12-26(6,7)8/h13-16H,1-8H3. The molecule has 0 N–H and O–H groups in total. The van der Waals surface area contributed by atoms with Crippen molar-refractivity contribution in [3.63, 3.8) is 0 Å². The molecular weight excluding hydrogens is 482 g/mol. The fourth-order valence-corrected chi connectivity index (χ4v) is 4.24. The Morgan fingerprint density at radius 3 is 1.14 bits per heavy atom. The number of alkyl halides is 6. The third-order valence-corrected chi connectivity index (χ3v) is 5.53. The first-order valence-electron chi connectivity index (χ1n) is 10.9. The van der Waals surface area contributed by atoms with Crippen molar-refractivity contribution in [1.82, 2.24) is 0 Å². The molecule has 0 amide bonds. The second kappa shape index (κ2) is 9.86. The van der Waals surface area contributed by atoms with Gasteiger partial charge < -0.3 is 0 Å². The number of benzene rings is 2. The van der Waals surface area contributed by atoms with E-state index in [0.717, 1.165) is 23.9 Å². The minimum Gasteiger partial charge on any atom is -0.166 e. The first-order chi connectivity index (χ1) is 15.7. The highest BCUT2D eigenvalue weighted by molar-refractivity contribution is 7.99. The quantitative estimate of drug-likeness (QED) is 0.287. The molecule has 0 fully saturated rings. The highest BCUT2D eigenvalue weighted by atomic mass is 32.2. The molecule has 0 radical (unpaired) electrons. The Labute approximate surface area is 207 Å². The van der Waals surface area contributed by atoms with Gasteiger partial charge in [0.1, 0.15) is 0 Å². The number of halogens is 6. The van der Waals surface area contributed by atoms with Crippen LogP contribution in [-0.2, 0) is 12.4 Å². The SMILES string of the molecule is Cc1cc(Sc2cc(C)cc(C(F)(F)F)c2C#CC(C)(C)C)c(C#CC(C)(C)C)c(C(F)(F)F)c1. The minimum atomic E-state index is -4.68. The van der Waals surface area contributed by atoms with Gasteiger partial charge in [-0.1, -0.05) is 35.4 Å². The van der Waals surface area contributed by atoms with Crippen LogP contribution in [0.4, 0.5) is 26.3 Å². The number of aryl methyl sites for hydroxylation is 2. The second-order valence-electron chi connectivity index (χ2n) is 10.5. The van der Waals surface area contributed by atoms with Gasteiger partial charge in [-0.15, -0.1) is 0 Å². The van der Waals surface area contributed by atoms with E-state index in [4.69, 9.17) is 0 Å². The van der Waals surface area contributed by atoms with Crippen molar-refractivity contribution in [1.29, 1.82) is 0 Å². The van der Waals surface area contributed by atoms with Crippen LogP contribution in [0.2, 0.25) is 0 Å². The highest BCUT2D eigenvalue weighted by Gasteiger charge is 2.36. The molecule has 0 nitrogen and oxygen atoms in total. The molecule has 2 aromatic rings. The van der Waals surface area contributed by atoms with Crippen LogP contribution in [-0.4, -0.2) is 0 Å². The van der Waals surface area contributed by atoms with Gasteiger partial charge in [0.05, 0.1) is 22.3 Å². The van der Waals surface area contributed by atoms with Crippen LogP contribution in [0.15, 0.2) is 34.1 Å². The van der Waals surface area contributed by atoms with Crippen molar-refractivity contribution in [3.8, 4) is 23.7 Å². The normalized spacial score (nSPS) is 12.5. The smallest absolute Gasteiger partial charge is 0.166 e. The van der Waals surface area contributed by atoms with Gasteiger partial charge in [0.2, 0.25) is 0 Å². The molecule has 0 atom stereocenters. The van der Waals surface area contributed by atoms with Crippen LogP contribution < -0.4 is 0 Å².